The molecule has 0 saturated carbocycles. The summed E-state index contributed by atoms with van der Waals surface area (Å²) in [6.45, 7) is 4.16. The molecule has 2 rings (SSSR count). The van der Waals surface area contributed by atoms with Crippen molar-refractivity contribution in [2.45, 2.75) is 37.1 Å². The highest BCUT2D eigenvalue weighted by molar-refractivity contribution is 7.89. The van der Waals surface area contributed by atoms with Crippen molar-refractivity contribution in [2.75, 3.05) is 26.7 Å². The molecule has 1 atom stereocenters. The highest BCUT2D eigenvalue weighted by Crippen LogP contribution is 2.20. The topological polar surface area (TPSA) is 58.6 Å². The van der Waals surface area contributed by atoms with Crippen LogP contribution in [-0.2, 0) is 10.0 Å². The minimum atomic E-state index is -3.43. The Morgan fingerprint density at radius 1 is 1.33 bits per heavy atom. The van der Waals surface area contributed by atoms with E-state index in [1.165, 1.54) is 4.31 Å². The van der Waals surface area contributed by atoms with Gasteiger partial charge in [-0.15, -0.1) is 0 Å². The maximum atomic E-state index is 12.5. The third-order valence-corrected chi connectivity index (χ3v) is 5.48. The van der Waals surface area contributed by atoms with Crippen molar-refractivity contribution in [1.29, 1.82) is 0 Å². The van der Waals surface area contributed by atoms with Crippen LogP contribution in [0.2, 0.25) is 0 Å². The lowest BCUT2D eigenvalue weighted by Crippen LogP contribution is -2.38. The highest BCUT2D eigenvalue weighted by Gasteiger charge is 2.25. The molecule has 0 amide bonds. The summed E-state index contributed by atoms with van der Waals surface area (Å²) in [6.07, 6.45) is 3.07. The van der Waals surface area contributed by atoms with Crippen molar-refractivity contribution >= 4 is 10.0 Å². The molecule has 0 bridgehead atoms. The van der Waals surface area contributed by atoms with Crippen LogP contribution in [-0.4, -0.2) is 45.5 Å². The molecule has 5 nitrogen and oxygen atoms in total. The minimum absolute atomic E-state index is 0.261. The van der Waals surface area contributed by atoms with Crippen LogP contribution in [0.3, 0.4) is 0 Å². The van der Waals surface area contributed by atoms with Crippen molar-refractivity contribution in [1.82, 2.24) is 9.62 Å². The number of ether oxygens (including phenoxy) is 1. The van der Waals surface area contributed by atoms with Crippen LogP contribution in [0.1, 0.15) is 26.2 Å². The van der Waals surface area contributed by atoms with Crippen LogP contribution in [0.4, 0.5) is 0 Å². The van der Waals surface area contributed by atoms with Gasteiger partial charge in [-0.1, -0.05) is 6.92 Å². The molecule has 1 aromatic rings. The second-order valence-electron chi connectivity index (χ2n) is 5.40. The van der Waals surface area contributed by atoms with Crippen LogP contribution in [0.25, 0.3) is 0 Å². The predicted octanol–water partition coefficient (Wildman–Crippen LogP) is 1.85. The molecular formula is C15H24N2O3S. The summed E-state index contributed by atoms with van der Waals surface area (Å²) < 4.78 is 31.9. The second kappa shape index (κ2) is 7.24. The molecule has 1 N–H and O–H groups in total. The Bertz CT molecular complexity index is 537. The predicted molar refractivity (Wildman–Crippen MR) is 83.1 cm³/mol. The van der Waals surface area contributed by atoms with Gasteiger partial charge in [-0.05, 0) is 50.1 Å². The summed E-state index contributed by atoms with van der Waals surface area (Å²) in [5.41, 5.74) is 0. The molecule has 0 aliphatic carbocycles. The van der Waals surface area contributed by atoms with E-state index < -0.39 is 10.0 Å². The van der Waals surface area contributed by atoms with E-state index in [2.05, 4.69) is 5.32 Å². The number of sulfonamides is 1. The third-order valence-electron chi connectivity index (χ3n) is 3.64. The molecular weight excluding hydrogens is 288 g/mol. The number of hydrogen-bond acceptors (Lipinski definition) is 4. The average Bonchev–Trinajstić information content (AvgIpc) is 2.98. The van der Waals surface area contributed by atoms with Crippen LogP contribution >= 0.6 is 0 Å². The van der Waals surface area contributed by atoms with Gasteiger partial charge in [0.1, 0.15) is 5.75 Å². The van der Waals surface area contributed by atoms with E-state index in [1.807, 2.05) is 6.92 Å². The van der Waals surface area contributed by atoms with Crippen molar-refractivity contribution in [3.05, 3.63) is 24.3 Å². The zero-order valence-corrected chi connectivity index (χ0v) is 13.5. The first kappa shape index (κ1) is 16.3. The molecule has 118 valence electrons. The van der Waals surface area contributed by atoms with E-state index in [4.69, 9.17) is 4.74 Å². The molecule has 1 aliphatic heterocycles. The van der Waals surface area contributed by atoms with E-state index in [0.717, 1.165) is 25.8 Å². The van der Waals surface area contributed by atoms with Gasteiger partial charge in [0, 0.05) is 19.6 Å². The summed E-state index contributed by atoms with van der Waals surface area (Å²) in [7, 11) is -1.79. The molecule has 1 unspecified atom stereocenters. The molecule has 6 heteroatoms. The molecule has 1 aliphatic rings. The maximum absolute atomic E-state index is 12.5. The largest absolute Gasteiger partial charge is 0.494 e. The molecule has 1 aromatic carbocycles. The smallest absolute Gasteiger partial charge is 0.242 e. The molecule has 0 radical (unpaired) electrons. The number of benzene rings is 1. The Kier molecular flexibility index (Phi) is 5.61. The van der Waals surface area contributed by atoms with Gasteiger partial charge in [0.15, 0.2) is 0 Å². The second-order valence-corrected chi connectivity index (χ2v) is 7.44. The van der Waals surface area contributed by atoms with Crippen LogP contribution in [0.15, 0.2) is 29.2 Å². The van der Waals surface area contributed by atoms with Crippen molar-refractivity contribution in [3.8, 4) is 5.75 Å². The summed E-state index contributed by atoms with van der Waals surface area (Å²) in [6, 6.07) is 6.91. The average molecular weight is 312 g/mol. The van der Waals surface area contributed by atoms with Crippen molar-refractivity contribution < 1.29 is 13.2 Å². The van der Waals surface area contributed by atoms with Gasteiger partial charge in [0.2, 0.25) is 10.0 Å². The van der Waals surface area contributed by atoms with Gasteiger partial charge in [-0.25, -0.2) is 8.42 Å². The Labute approximate surface area is 127 Å². The van der Waals surface area contributed by atoms with Crippen LogP contribution < -0.4 is 10.1 Å². The summed E-state index contributed by atoms with van der Waals surface area (Å²) >= 11 is 0. The first-order valence-corrected chi connectivity index (χ1v) is 8.90. The molecule has 0 aromatic heterocycles. The van der Waals surface area contributed by atoms with Crippen molar-refractivity contribution in [3.63, 3.8) is 0 Å². The number of nitrogens with zero attached hydrogens (tertiary/aromatic N) is 1. The van der Waals surface area contributed by atoms with Gasteiger partial charge in [0.05, 0.1) is 11.5 Å². The van der Waals surface area contributed by atoms with Gasteiger partial charge >= 0.3 is 0 Å². The minimum Gasteiger partial charge on any atom is -0.494 e. The lowest BCUT2D eigenvalue weighted by molar-refractivity contribution is 0.317. The maximum Gasteiger partial charge on any atom is 0.242 e. The Balaban J connectivity index is 2.03. The lowest BCUT2D eigenvalue weighted by Gasteiger charge is -2.21. The van der Waals surface area contributed by atoms with Gasteiger partial charge < -0.3 is 10.1 Å². The fourth-order valence-electron chi connectivity index (χ4n) is 2.43. The number of rotatable bonds is 7. The zero-order chi connectivity index (χ0) is 15.3. The molecule has 0 spiro atoms. The normalized spacial score (nSPS) is 19.1. The first-order chi connectivity index (χ1) is 10.0. The van der Waals surface area contributed by atoms with Crippen LogP contribution in [0, 0.1) is 0 Å². The van der Waals surface area contributed by atoms with E-state index in [-0.39, 0.29) is 6.04 Å². The monoisotopic (exact) mass is 312 g/mol. The van der Waals surface area contributed by atoms with E-state index in [1.54, 1.807) is 31.3 Å². The molecule has 21 heavy (non-hydrogen) atoms. The van der Waals surface area contributed by atoms with Crippen LogP contribution in [0.5, 0.6) is 5.75 Å². The number of hydrogen-bond donors (Lipinski definition) is 1. The molecule has 1 saturated heterocycles. The Morgan fingerprint density at radius 3 is 2.62 bits per heavy atom. The van der Waals surface area contributed by atoms with E-state index >= 15 is 0 Å². The quantitative estimate of drug-likeness (QED) is 0.835. The SMILES string of the molecule is CCCOc1ccc(S(=O)(=O)N(C)CC2CCCN2)cc1. The number of likely N-dealkylation sites (N-methyl/N-ethyl adjacent to an activating group) is 1. The highest BCUT2D eigenvalue weighted by atomic mass is 32.2. The van der Waals surface area contributed by atoms with Gasteiger partial charge in [-0.3, -0.25) is 0 Å². The third kappa shape index (κ3) is 4.18. The summed E-state index contributed by atoms with van der Waals surface area (Å²) in [5.74, 6) is 0.705. The summed E-state index contributed by atoms with van der Waals surface area (Å²) in [5, 5.41) is 3.32. The van der Waals surface area contributed by atoms with Crippen molar-refractivity contribution in [2.24, 2.45) is 0 Å². The first-order valence-electron chi connectivity index (χ1n) is 7.46. The van der Waals surface area contributed by atoms with Gasteiger partial charge in [0.25, 0.3) is 0 Å². The standard InChI is InChI=1S/C15H24N2O3S/c1-3-11-20-14-6-8-15(9-7-14)21(18,19)17(2)12-13-5-4-10-16-13/h6-9,13,16H,3-5,10-12H2,1-2H3. The Hall–Kier alpha value is -1.11. The van der Waals surface area contributed by atoms with E-state index in [0.29, 0.717) is 23.8 Å². The lowest BCUT2D eigenvalue weighted by atomic mass is 10.2. The Morgan fingerprint density at radius 2 is 2.05 bits per heavy atom. The zero-order valence-electron chi connectivity index (χ0n) is 12.7. The molecule has 1 heterocycles. The van der Waals surface area contributed by atoms with Gasteiger partial charge in [-0.2, -0.15) is 4.31 Å². The number of nitrogens with one attached hydrogen (secondary N) is 1. The fourth-order valence-corrected chi connectivity index (χ4v) is 3.64. The molecule has 1 fully saturated rings. The summed E-state index contributed by atoms with van der Waals surface area (Å²) in [4.78, 5) is 0.312. The van der Waals surface area contributed by atoms with E-state index in [9.17, 15) is 8.42 Å². The fraction of sp³-hybridized carbons (Fsp3) is 0.600.